The van der Waals surface area contributed by atoms with Crippen molar-refractivity contribution >= 4 is 32.0 Å². The Morgan fingerprint density at radius 2 is 1.84 bits per heavy atom. The lowest BCUT2D eigenvalue weighted by atomic mass is 10.0. The number of nitrogens with one attached hydrogen (secondary N) is 3. The van der Waals surface area contributed by atoms with Crippen molar-refractivity contribution in [3.63, 3.8) is 0 Å². The number of nitrogens with zero attached hydrogens (tertiary/aromatic N) is 5. The van der Waals surface area contributed by atoms with Crippen LogP contribution in [0.4, 0.5) is 13.2 Å². The summed E-state index contributed by atoms with van der Waals surface area (Å²) in [6, 6.07) is 11.9. The molecule has 0 spiro atoms. The molecule has 1 aliphatic heterocycles. The molecule has 1 aromatic carbocycles. The molecule has 7 rings (SSSR count). The lowest BCUT2D eigenvalue weighted by Crippen LogP contribution is -2.24. The van der Waals surface area contributed by atoms with Crippen molar-refractivity contribution in [3.8, 4) is 33.8 Å². The molecule has 0 radical (unpaired) electrons. The quantitative estimate of drug-likeness (QED) is 0.209. The van der Waals surface area contributed by atoms with E-state index in [-0.39, 0.29) is 19.5 Å². The number of likely N-dealkylation sites (tertiary alicyclic amines) is 1. The topological polar surface area (TPSA) is 133 Å². The first-order valence-electron chi connectivity index (χ1n) is 14.1. The normalized spacial score (nSPS) is 15.4. The molecule has 0 saturated carbocycles. The van der Waals surface area contributed by atoms with Gasteiger partial charge in [0.1, 0.15) is 17.2 Å². The number of hydrogen-bond acceptors (Lipinski definition) is 7. The number of hydrogen-bond donors (Lipinski definition) is 3. The molecule has 14 heteroatoms. The van der Waals surface area contributed by atoms with Crippen LogP contribution in [0.3, 0.4) is 0 Å². The second kappa shape index (κ2) is 11.1. The van der Waals surface area contributed by atoms with Crippen LogP contribution in [0.1, 0.15) is 17.5 Å². The third-order valence-electron chi connectivity index (χ3n) is 7.79. The number of H-pyrrole nitrogens is 2. The van der Waals surface area contributed by atoms with E-state index in [2.05, 4.69) is 34.9 Å². The summed E-state index contributed by atoms with van der Waals surface area (Å²) >= 11 is 0. The van der Waals surface area contributed by atoms with Gasteiger partial charge in [-0.1, -0.05) is 0 Å². The molecular formula is C31H27F3N8O2S. The van der Waals surface area contributed by atoms with Gasteiger partial charge in [-0.05, 0) is 64.7 Å². The van der Waals surface area contributed by atoms with Gasteiger partial charge in [-0.3, -0.25) is 20.0 Å². The SMILES string of the molecule is CS(=O)(=O)NCc1cc(F)cc(-c2ccnc3[nH]c(-c4n[nH]c5cnc(-c6cncc(CN7CCC(F)(F)C7)c6)cc45)cc23)c1. The number of sulfonamides is 1. The Balaban J connectivity index is 1.22. The molecule has 0 atom stereocenters. The van der Waals surface area contributed by atoms with Crippen molar-refractivity contribution in [1.82, 2.24) is 39.8 Å². The summed E-state index contributed by atoms with van der Waals surface area (Å²) < 4.78 is 67.5. The van der Waals surface area contributed by atoms with E-state index < -0.39 is 21.8 Å². The number of alkyl halides is 2. The molecule has 6 aromatic rings. The van der Waals surface area contributed by atoms with Gasteiger partial charge in [0.2, 0.25) is 10.0 Å². The standard InChI is InChI=1S/C31H27F3N8O2S/c1-45(43,44)38-13-18-6-20(9-22(32)8-18)23-2-4-36-30-24(23)10-27(39-30)29-25-11-26(37-15-28(25)40-41-29)21-7-19(12-35-14-21)16-42-5-3-31(33,34)17-42/h2,4,6-12,14-15,38H,3,5,13,16-17H2,1H3,(H,36,39)(H,40,41). The number of pyridine rings is 3. The highest BCUT2D eigenvalue weighted by Gasteiger charge is 2.37. The molecule has 45 heavy (non-hydrogen) atoms. The van der Waals surface area contributed by atoms with Crippen LogP contribution in [0.5, 0.6) is 0 Å². The Bertz CT molecular complexity index is 2180. The van der Waals surface area contributed by atoms with Gasteiger partial charge in [-0.15, -0.1) is 0 Å². The minimum absolute atomic E-state index is 0.0432. The molecule has 1 aliphatic rings. The van der Waals surface area contributed by atoms with Gasteiger partial charge in [0.05, 0.1) is 35.9 Å². The Morgan fingerprint density at radius 3 is 2.64 bits per heavy atom. The second-order valence-corrected chi connectivity index (χ2v) is 13.2. The zero-order chi connectivity index (χ0) is 31.3. The predicted octanol–water partition coefficient (Wildman–Crippen LogP) is 5.26. The number of benzene rings is 1. The van der Waals surface area contributed by atoms with Crippen molar-refractivity contribution in [2.75, 3.05) is 19.3 Å². The highest BCUT2D eigenvalue weighted by Crippen LogP contribution is 2.35. The highest BCUT2D eigenvalue weighted by atomic mass is 32.2. The summed E-state index contributed by atoms with van der Waals surface area (Å²) in [5.74, 6) is -3.15. The van der Waals surface area contributed by atoms with Crippen LogP contribution in [-0.4, -0.2) is 68.7 Å². The molecule has 6 heterocycles. The fourth-order valence-electron chi connectivity index (χ4n) is 5.72. The van der Waals surface area contributed by atoms with Crippen LogP contribution >= 0.6 is 0 Å². The third kappa shape index (κ3) is 6.16. The molecule has 5 aromatic heterocycles. The number of rotatable bonds is 8. The summed E-state index contributed by atoms with van der Waals surface area (Å²) in [7, 11) is -3.45. The Hall–Kier alpha value is -4.66. The molecule has 0 amide bonds. The maximum atomic E-state index is 14.6. The van der Waals surface area contributed by atoms with Gasteiger partial charge in [-0.25, -0.2) is 31.3 Å². The monoisotopic (exact) mass is 632 g/mol. The Labute approximate surface area is 255 Å². The number of halogens is 3. The predicted molar refractivity (Wildman–Crippen MR) is 164 cm³/mol. The molecular weight excluding hydrogens is 605 g/mol. The lowest BCUT2D eigenvalue weighted by molar-refractivity contribution is 0.0115. The van der Waals surface area contributed by atoms with E-state index in [1.807, 2.05) is 18.2 Å². The summed E-state index contributed by atoms with van der Waals surface area (Å²) in [4.78, 5) is 18.4. The third-order valence-corrected chi connectivity index (χ3v) is 8.46. The van der Waals surface area contributed by atoms with Gasteiger partial charge in [0, 0.05) is 61.0 Å². The first kappa shape index (κ1) is 29.1. The van der Waals surface area contributed by atoms with E-state index in [9.17, 15) is 21.6 Å². The van der Waals surface area contributed by atoms with Gasteiger partial charge >= 0.3 is 0 Å². The van der Waals surface area contributed by atoms with Crippen LogP contribution in [0.2, 0.25) is 0 Å². The Morgan fingerprint density at radius 1 is 1.00 bits per heavy atom. The zero-order valence-corrected chi connectivity index (χ0v) is 24.8. The largest absolute Gasteiger partial charge is 0.338 e. The van der Waals surface area contributed by atoms with E-state index in [1.54, 1.807) is 41.8 Å². The number of aromatic nitrogens is 6. The van der Waals surface area contributed by atoms with Crippen LogP contribution in [0.15, 0.2) is 67.3 Å². The van der Waals surface area contributed by atoms with Crippen molar-refractivity contribution < 1.29 is 21.6 Å². The summed E-state index contributed by atoms with van der Waals surface area (Å²) in [6.07, 6.45) is 7.58. The number of aromatic amines is 2. The average molecular weight is 633 g/mol. The summed E-state index contributed by atoms with van der Waals surface area (Å²) in [5, 5.41) is 9.06. The van der Waals surface area contributed by atoms with Gasteiger partial charge in [0.15, 0.2) is 0 Å². The van der Waals surface area contributed by atoms with E-state index in [0.29, 0.717) is 58.0 Å². The smallest absolute Gasteiger partial charge is 0.261 e. The van der Waals surface area contributed by atoms with Crippen molar-refractivity contribution in [1.29, 1.82) is 0 Å². The van der Waals surface area contributed by atoms with Crippen LogP contribution < -0.4 is 4.72 Å². The molecule has 10 nitrogen and oxygen atoms in total. The molecule has 1 saturated heterocycles. The molecule has 230 valence electrons. The lowest BCUT2D eigenvalue weighted by Gasteiger charge is -2.15. The van der Waals surface area contributed by atoms with Crippen LogP contribution in [0.25, 0.3) is 55.7 Å². The van der Waals surface area contributed by atoms with Gasteiger partial charge < -0.3 is 4.98 Å². The zero-order valence-electron chi connectivity index (χ0n) is 24.0. The van der Waals surface area contributed by atoms with E-state index in [4.69, 9.17) is 0 Å². The fourth-order valence-corrected chi connectivity index (χ4v) is 6.15. The van der Waals surface area contributed by atoms with Gasteiger partial charge in [0.25, 0.3) is 5.92 Å². The summed E-state index contributed by atoms with van der Waals surface area (Å²) in [6.45, 7) is 0.406. The summed E-state index contributed by atoms with van der Waals surface area (Å²) in [5.41, 5.74) is 6.55. The van der Waals surface area contributed by atoms with Crippen molar-refractivity contribution in [3.05, 3.63) is 84.2 Å². The minimum Gasteiger partial charge on any atom is -0.338 e. The van der Waals surface area contributed by atoms with Crippen LogP contribution in [0, 0.1) is 5.82 Å². The van der Waals surface area contributed by atoms with Crippen molar-refractivity contribution in [2.24, 2.45) is 0 Å². The molecule has 1 fully saturated rings. The molecule has 0 aliphatic carbocycles. The van der Waals surface area contributed by atoms with E-state index in [1.165, 1.54) is 12.1 Å². The fraction of sp³-hybridized carbons (Fsp3) is 0.226. The maximum absolute atomic E-state index is 14.6. The average Bonchev–Trinajstić information content (AvgIpc) is 3.71. The van der Waals surface area contributed by atoms with Crippen molar-refractivity contribution in [2.45, 2.75) is 25.4 Å². The molecule has 3 N–H and O–H groups in total. The van der Waals surface area contributed by atoms with E-state index >= 15 is 0 Å². The Kier molecular flexibility index (Phi) is 7.14. The van der Waals surface area contributed by atoms with E-state index in [0.717, 1.165) is 28.2 Å². The molecule has 0 unspecified atom stereocenters. The first-order chi connectivity index (χ1) is 21.5. The number of fused-ring (bicyclic) bond motifs is 2. The van der Waals surface area contributed by atoms with Gasteiger partial charge in [-0.2, -0.15) is 5.10 Å². The second-order valence-electron chi connectivity index (χ2n) is 11.3. The van der Waals surface area contributed by atoms with Crippen LogP contribution in [-0.2, 0) is 23.1 Å². The minimum atomic E-state index is -3.45. The first-order valence-corrected chi connectivity index (χ1v) is 16.0. The highest BCUT2D eigenvalue weighted by molar-refractivity contribution is 7.88. The molecule has 0 bridgehead atoms. The maximum Gasteiger partial charge on any atom is 0.261 e.